The summed E-state index contributed by atoms with van der Waals surface area (Å²) in [6, 6.07) is 0. The van der Waals surface area contributed by atoms with Gasteiger partial charge in [0.05, 0.1) is 0 Å². The zero-order valence-electron chi connectivity index (χ0n) is 16.8. The first-order valence-electron chi connectivity index (χ1n) is 9.32. The molecule has 0 aliphatic heterocycles. The van der Waals surface area contributed by atoms with E-state index in [4.69, 9.17) is 17.0 Å². The standard InChI is InChI=1S/2C11H17.2ClH.Zr/c2*1-4-5-6-10-7-8-11(2,3)9-10;;;/h2*7-8H,4-6H2,1-3H3;2*1H;/q2*-1;;;+4/p-2. The monoisotopic (exact) mass is 458 g/mol. The molecule has 2 rings (SSSR count). The maximum absolute atomic E-state index is 4.93. The molecule has 0 aromatic rings. The van der Waals surface area contributed by atoms with Gasteiger partial charge < -0.3 is 0 Å². The summed E-state index contributed by atoms with van der Waals surface area (Å²) in [5.74, 6) is 0. The van der Waals surface area contributed by atoms with Crippen LogP contribution in [-0.4, -0.2) is 0 Å². The van der Waals surface area contributed by atoms with Crippen LogP contribution in [0.1, 0.15) is 80.1 Å². The minimum atomic E-state index is -0.826. The molecule has 0 fully saturated rings. The first-order chi connectivity index (χ1) is 11.7. The topological polar surface area (TPSA) is 0 Å². The molecule has 0 spiro atoms. The molecule has 0 aromatic carbocycles. The van der Waals surface area contributed by atoms with Crippen molar-refractivity contribution in [2.75, 3.05) is 0 Å². The van der Waals surface area contributed by atoms with Crippen LogP contribution >= 0.6 is 17.0 Å². The van der Waals surface area contributed by atoms with E-state index in [0.29, 0.717) is 0 Å². The van der Waals surface area contributed by atoms with Crippen molar-refractivity contribution in [1.82, 2.24) is 0 Å². The van der Waals surface area contributed by atoms with Crippen molar-refractivity contribution in [2.24, 2.45) is 10.8 Å². The van der Waals surface area contributed by atoms with Crippen molar-refractivity contribution in [1.29, 1.82) is 0 Å². The summed E-state index contributed by atoms with van der Waals surface area (Å²) in [6.45, 7) is 13.2. The van der Waals surface area contributed by atoms with Crippen molar-refractivity contribution < 1.29 is 20.8 Å². The van der Waals surface area contributed by atoms with E-state index >= 15 is 0 Å². The third-order valence-electron chi connectivity index (χ3n) is 3.97. The fraction of sp³-hybridized carbons (Fsp3) is 0.636. The summed E-state index contributed by atoms with van der Waals surface area (Å²) in [4.78, 5) is 0. The maximum atomic E-state index is 4.93. The van der Waals surface area contributed by atoms with Crippen molar-refractivity contribution >= 4 is 17.0 Å². The molecule has 2 aliphatic rings. The molecule has 0 N–H and O–H groups in total. The summed E-state index contributed by atoms with van der Waals surface area (Å²) in [5, 5.41) is 0. The van der Waals surface area contributed by atoms with E-state index < -0.39 is 20.8 Å². The second kappa shape index (κ2) is 13.6. The molecule has 0 unspecified atom stereocenters. The SMILES string of the molecule is CCCCC1=[C-]C(C)(C)C=C1.CCCCC1=[C-]C(C)(C)C=C1.[Cl][Zr+2][Cl]. The fourth-order valence-electron chi connectivity index (χ4n) is 2.64. The number of halogens is 2. The van der Waals surface area contributed by atoms with Gasteiger partial charge in [-0.05, 0) is 0 Å². The average molecular weight is 461 g/mol. The minimum absolute atomic E-state index is 0.197. The molecule has 0 radical (unpaired) electrons. The van der Waals surface area contributed by atoms with Crippen molar-refractivity contribution in [3.63, 3.8) is 0 Å². The molecule has 0 nitrogen and oxygen atoms in total. The molecule has 0 saturated carbocycles. The summed E-state index contributed by atoms with van der Waals surface area (Å²) < 4.78 is 0. The van der Waals surface area contributed by atoms with Crippen molar-refractivity contribution in [3.05, 3.63) is 47.6 Å². The van der Waals surface area contributed by atoms with E-state index in [1.165, 1.54) is 49.7 Å². The predicted molar refractivity (Wildman–Crippen MR) is 110 cm³/mol. The van der Waals surface area contributed by atoms with E-state index in [9.17, 15) is 0 Å². The summed E-state index contributed by atoms with van der Waals surface area (Å²) in [7, 11) is 9.87. The Labute approximate surface area is 175 Å². The predicted octanol–water partition coefficient (Wildman–Crippen LogP) is 8.38. The molecule has 0 bridgehead atoms. The van der Waals surface area contributed by atoms with Gasteiger partial charge in [-0.3, -0.25) is 12.2 Å². The Morgan fingerprint density at radius 1 is 0.800 bits per heavy atom. The number of unbranched alkanes of at least 4 members (excludes halogenated alkanes) is 2. The van der Waals surface area contributed by atoms with E-state index in [-0.39, 0.29) is 10.8 Å². The Kier molecular flexibility index (Phi) is 13.8. The van der Waals surface area contributed by atoms with Gasteiger partial charge in [0.1, 0.15) is 0 Å². The first kappa shape index (κ1) is 25.4. The molecule has 0 atom stereocenters. The van der Waals surface area contributed by atoms with Crippen LogP contribution in [0.2, 0.25) is 0 Å². The van der Waals surface area contributed by atoms with E-state index in [1.807, 2.05) is 0 Å². The molecular weight excluding hydrogens is 426 g/mol. The van der Waals surface area contributed by atoms with Gasteiger partial charge in [-0.25, -0.2) is 23.3 Å². The summed E-state index contributed by atoms with van der Waals surface area (Å²) >= 11 is -0.826. The molecular formula is C22H34Cl2Zr. The Morgan fingerprint density at radius 3 is 1.32 bits per heavy atom. The van der Waals surface area contributed by atoms with Crippen LogP contribution in [0, 0.1) is 23.0 Å². The number of allylic oxidation sites excluding steroid dienone is 8. The van der Waals surface area contributed by atoms with E-state index in [0.717, 1.165) is 0 Å². The Hall–Kier alpha value is 0.423. The second-order valence-electron chi connectivity index (χ2n) is 7.69. The number of hydrogen-bond acceptors (Lipinski definition) is 0. The van der Waals surface area contributed by atoms with Crippen LogP contribution in [0.3, 0.4) is 0 Å². The molecule has 3 heteroatoms. The molecule has 2 aliphatic carbocycles. The van der Waals surface area contributed by atoms with Crippen LogP contribution in [0.4, 0.5) is 0 Å². The molecule has 0 saturated heterocycles. The van der Waals surface area contributed by atoms with Gasteiger partial charge in [0.15, 0.2) is 0 Å². The zero-order valence-corrected chi connectivity index (χ0v) is 20.8. The zero-order chi connectivity index (χ0) is 19.3. The number of hydrogen-bond donors (Lipinski definition) is 0. The third kappa shape index (κ3) is 13.3. The van der Waals surface area contributed by atoms with Gasteiger partial charge in [0.25, 0.3) is 0 Å². The Bertz CT molecular complexity index is 438. The summed E-state index contributed by atoms with van der Waals surface area (Å²) in [6.07, 6.45) is 23.4. The van der Waals surface area contributed by atoms with Crippen LogP contribution < -0.4 is 0 Å². The van der Waals surface area contributed by atoms with Crippen LogP contribution in [-0.2, 0) is 20.8 Å². The average Bonchev–Trinajstić information content (AvgIpc) is 3.06. The van der Waals surface area contributed by atoms with Crippen LogP contribution in [0.5, 0.6) is 0 Å². The van der Waals surface area contributed by atoms with Gasteiger partial charge in [-0.15, -0.1) is 0 Å². The van der Waals surface area contributed by atoms with Crippen molar-refractivity contribution in [2.45, 2.75) is 80.1 Å². The molecule has 25 heavy (non-hydrogen) atoms. The van der Waals surface area contributed by atoms with Gasteiger partial charge in [-0.1, -0.05) is 90.9 Å². The molecule has 140 valence electrons. The number of rotatable bonds is 6. The van der Waals surface area contributed by atoms with Gasteiger partial charge >= 0.3 is 37.9 Å². The quantitative estimate of drug-likeness (QED) is 0.349. The molecule has 0 heterocycles. The van der Waals surface area contributed by atoms with E-state index in [2.05, 4.69) is 78.0 Å². The van der Waals surface area contributed by atoms with Gasteiger partial charge in [-0.2, -0.15) is 12.2 Å². The van der Waals surface area contributed by atoms with Gasteiger partial charge in [0.2, 0.25) is 0 Å². The Morgan fingerprint density at radius 2 is 1.12 bits per heavy atom. The van der Waals surface area contributed by atoms with Crippen molar-refractivity contribution in [3.8, 4) is 0 Å². The summed E-state index contributed by atoms with van der Waals surface area (Å²) in [5.41, 5.74) is 3.19. The second-order valence-corrected chi connectivity index (χ2v) is 11.4. The normalized spacial score (nSPS) is 18.4. The van der Waals surface area contributed by atoms with E-state index in [1.54, 1.807) is 0 Å². The first-order valence-corrected chi connectivity index (χ1v) is 15.7. The third-order valence-corrected chi connectivity index (χ3v) is 3.97. The molecule has 0 amide bonds. The molecule has 0 aromatic heterocycles. The van der Waals surface area contributed by atoms with Crippen LogP contribution in [0.25, 0.3) is 0 Å². The Balaban J connectivity index is 0.000000399. The van der Waals surface area contributed by atoms with Crippen LogP contribution in [0.15, 0.2) is 35.5 Å². The van der Waals surface area contributed by atoms with Gasteiger partial charge in [0, 0.05) is 0 Å². The fourth-order valence-corrected chi connectivity index (χ4v) is 2.64.